The zero-order valence-corrected chi connectivity index (χ0v) is 49.0. The van der Waals surface area contributed by atoms with E-state index in [1.807, 2.05) is 0 Å². The summed E-state index contributed by atoms with van der Waals surface area (Å²) in [5.74, 6) is -4.25. The molecule has 0 aromatic heterocycles. The number of nitrogens with one attached hydrogen (secondary N) is 2. The minimum Gasteiger partial charge on any atom is -0.478 e. The van der Waals surface area contributed by atoms with Crippen molar-refractivity contribution < 1.29 is 57.7 Å². The molecule has 0 radical (unpaired) electrons. The average molecular weight is 1210 g/mol. The molecule has 6 aromatic carbocycles. The first kappa shape index (κ1) is 65.3. The number of rotatable bonds is 20. The number of anilines is 3. The zero-order valence-electron chi connectivity index (χ0n) is 46.0. The highest BCUT2D eigenvalue weighted by molar-refractivity contribution is 6.40. The number of nitrogen functional groups attached to an aromatic ring is 2. The lowest BCUT2D eigenvalue weighted by Crippen LogP contribution is -2.44. The zero-order chi connectivity index (χ0) is 61.2. The molecule has 0 bridgehead atoms. The van der Waals surface area contributed by atoms with Crippen LogP contribution in [0, 0.1) is 0 Å². The molecule has 23 heteroatoms. The van der Waals surface area contributed by atoms with Crippen molar-refractivity contribution in [3.63, 3.8) is 0 Å². The van der Waals surface area contributed by atoms with Crippen molar-refractivity contribution in [2.75, 3.05) is 30.5 Å². The molecule has 1 aliphatic rings. The number of carbonyl (C=O) groups excluding carboxylic acids is 8. The summed E-state index contributed by atoms with van der Waals surface area (Å²) in [6, 6.07) is 31.0. The maximum Gasteiger partial charge on any atom is 0.337 e. The number of ether oxygens (including phenoxy) is 2. The second kappa shape index (κ2) is 30.5. The van der Waals surface area contributed by atoms with Gasteiger partial charge in [0, 0.05) is 57.0 Å². The van der Waals surface area contributed by atoms with Gasteiger partial charge in [0.1, 0.15) is 12.1 Å². The highest BCUT2D eigenvalue weighted by Gasteiger charge is 2.33. The molecule has 6 amide bonds. The molecule has 436 valence electrons. The van der Waals surface area contributed by atoms with Crippen LogP contribution in [-0.4, -0.2) is 108 Å². The number of amides is 6. The van der Waals surface area contributed by atoms with Gasteiger partial charge in [-0.2, -0.15) is 0 Å². The van der Waals surface area contributed by atoms with Crippen LogP contribution in [0.2, 0.25) is 20.1 Å². The van der Waals surface area contributed by atoms with Gasteiger partial charge >= 0.3 is 17.9 Å². The predicted octanol–water partition coefficient (Wildman–Crippen LogP) is 9.03. The molecule has 0 saturated heterocycles. The summed E-state index contributed by atoms with van der Waals surface area (Å²) in [5, 5.41) is 14.8. The fourth-order valence-electron chi connectivity index (χ4n) is 8.16. The fraction of sp³-hybridized carbons (Fsp3) is 0.250. The second-order valence-electron chi connectivity index (χ2n) is 19.5. The number of carboxylic acid groups (broad SMARTS) is 1. The first-order chi connectivity index (χ1) is 39.3. The Hall–Kier alpha value is -8.49. The van der Waals surface area contributed by atoms with Crippen LogP contribution >= 0.6 is 46.4 Å². The van der Waals surface area contributed by atoms with Crippen molar-refractivity contribution in [2.24, 2.45) is 0 Å². The Bertz CT molecular complexity index is 3320. The van der Waals surface area contributed by atoms with Crippen molar-refractivity contribution in [2.45, 2.75) is 84.3 Å². The molecule has 0 aliphatic carbocycles. The summed E-state index contributed by atoms with van der Waals surface area (Å²) >= 11 is 24.5. The number of fused-ring (bicyclic) bond motifs is 1. The van der Waals surface area contributed by atoms with Crippen LogP contribution in [0.25, 0.3) is 0 Å². The molecule has 2 atom stereocenters. The molecular weight excluding hydrogens is 1150 g/mol. The van der Waals surface area contributed by atoms with Gasteiger partial charge in [0.25, 0.3) is 17.7 Å². The molecular formula is C60H61Cl4N7O12. The smallest absolute Gasteiger partial charge is 0.337 e. The number of carboxylic acids is 1. The van der Waals surface area contributed by atoms with Gasteiger partial charge in [0.05, 0.1) is 61.1 Å². The van der Waals surface area contributed by atoms with E-state index in [4.69, 9.17) is 72.5 Å². The van der Waals surface area contributed by atoms with Crippen LogP contribution in [-0.2, 0) is 65.8 Å². The molecule has 6 aromatic rings. The van der Waals surface area contributed by atoms with Crippen molar-refractivity contribution in [1.82, 2.24) is 20.4 Å². The van der Waals surface area contributed by atoms with Gasteiger partial charge in [-0.05, 0) is 122 Å². The van der Waals surface area contributed by atoms with Crippen molar-refractivity contribution in [3.05, 3.63) is 191 Å². The van der Waals surface area contributed by atoms with E-state index >= 15 is 0 Å². The Morgan fingerprint density at radius 3 is 1.45 bits per heavy atom. The quantitative estimate of drug-likeness (QED) is 0.0206. The minimum absolute atomic E-state index is 0.0434. The number of hydrogen-bond donors (Lipinski definition) is 5. The molecule has 0 fully saturated rings. The normalized spacial score (nSPS) is 12.3. The summed E-state index contributed by atoms with van der Waals surface area (Å²) in [6.45, 7) is 7.57. The fourth-order valence-corrected chi connectivity index (χ4v) is 9.30. The highest BCUT2D eigenvalue weighted by Crippen LogP contribution is 2.29. The van der Waals surface area contributed by atoms with E-state index in [9.17, 15) is 43.2 Å². The Labute approximate surface area is 499 Å². The van der Waals surface area contributed by atoms with Gasteiger partial charge < -0.3 is 46.5 Å². The minimum atomic E-state index is -1.07. The van der Waals surface area contributed by atoms with E-state index in [1.54, 1.807) is 139 Å². The predicted molar refractivity (Wildman–Crippen MR) is 317 cm³/mol. The SMILES string of the molecule is CC(C)OC(=O)[C@H](Cc1ccc(N)cc1)NC(=O)c1c(Cl)cccc1Cl.CC(C)OC(=O)[C@H](Cc1ccc(N2C(=O)Cc3ccc(CN(C)C=O)cc3C2=O)cc1)NC(=O)c1c(Cl)cccc1Cl.CN(C=O)Cc1ccc(N)c(C(=O)O)c1. The molecule has 7 rings (SSSR count). The monoisotopic (exact) mass is 1210 g/mol. The molecule has 0 saturated carbocycles. The number of carbonyl (C=O) groups is 9. The van der Waals surface area contributed by atoms with Crippen LogP contribution in [0.1, 0.15) is 96.9 Å². The van der Waals surface area contributed by atoms with E-state index in [0.717, 1.165) is 21.6 Å². The van der Waals surface area contributed by atoms with Gasteiger partial charge in [0.2, 0.25) is 18.7 Å². The first-order valence-electron chi connectivity index (χ1n) is 25.6. The van der Waals surface area contributed by atoms with Crippen LogP contribution in [0.15, 0.2) is 121 Å². The summed E-state index contributed by atoms with van der Waals surface area (Å²) < 4.78 is 10.6. The lowest BCUT2D eigenvalue weighted by Gasteiger charge is -2.27. The number of benzene rings is 6. The third-order valence-electron chi connectivity index (χ3n) is 12.1. The van der Waals surface area contributed by atoms with E-state index in [-0.39, 0.29) is 73.7 Å². The summed E-state index contributed by atoms with van der Waals surface area (Å²) in [5.41, 5.74) is 16.6. The molecule has 1 aliphatic heterocycles. The lowest BCUT2D eigenvalue weighted by atomic mass is 9.95. The van der Waals surface area contributed by atoms with E-state index in [2.05, 4.69) is 10.6 Å². The third kappa shape index (κ3) is 18.8. The largest absolute Gasteiger partial charge is 0.478 e. The van der Waals surface area contributed by atoms with Crippen molar-refractivity contribution in [3.8, 4) is 0 Å². The summed E-state index contributed by atoms with van der Waals surface area (Å²) in [6.07, 6.45) is 1.02. The number of esters is 2. The van der Waals surface area contributed by atoms with Gasteiger partial charge in [-0.25, -0.2) is 19.3 Å². The van der Waals surface area contributed by atoms with Gasteiger partial charge in [-0.1, -0.05) is 101 Å². The van der Waals surface area contributed by atoms with Crippen molar-refractivity contribution in [1.29, 1.82) is 0 Å². The average Bonchev–Trinajstić information content (AvgIpc) is 3.63. The lowest BCUT2D eigenvalue weighted by molar-refractivity contribution is -0.150. The summed E-state index contributed by atoms with van der Waals surface area (Å²) in [4.78, 5) is 113. The topological polar surface area (TPSA) is 278 Å². The van der Waals surface area contributed by atoms with Crippen LogP contribution < -0.4 is 27.0 Å². The number of hydrogen-bond acceptors (Lipinski definition) is 13. The Morgan fingerprint density at radius 2 is 1.02 bits per heavy atom. The molecule has 7 N–H and O–H groups in total. The number of aromatic carboxylic acids is 1. The number of halogens is 4. The van der Waals surface area contributed by atoms with E-state index < -0.39 is 53.8 Å². The van der Waals surface area contributed by atoms with Crippen LogP contribution in [0.4, 0.5) is 17.1 Å². The number of imide groups is 1. The summed E-state index contributed by atoms with van der Waals surface area (Å²) in [7, 11) is 3.25. The number of nitrogens with two attached hydrogens (primary N) is 2. The Balaban J connectivity index is 0.000000260. The second-order valence-corrected chi connectivity index (χ2v) is 21.1. The molecule has 1 heterocycles. The van der Waals surface area contributed by atoms with Gasteiger partial charge in [-0.3, -0.25) is 28.8 Å². The maximum absolute atomic E-state index is 13.4. The van der Waals surface area contributed by atoms with E-state index in [0.29, 0.717) is 54.0 Å². The Kier molecular flexibility index (Phi) is 24.0. The van der Waals surface area contributed by atoms with Crippen LogP contribution in [0.5, 0.6) is 0 Å². The molecule has 19 nitrogen and oxygen atoms in total. The standard InChI is InChI=1S/C31H29Cl2N3O6.C19H20Cl2N2O3.C10H12N2O3/c1-18(2)42-31(41)26(34-29(39)28-24(32)5-4-6-25(28)33)14-19-8-11-22(12-9-19)36-27(38)15-21-10-7-20(16-35(3)17-37)13-23(21)30(36)40;1-11(2)26-19(25)16(10-12-6-8-13(22)9-7-12)23-18(24)17-14(20)4-3-5-15(17)21;1-12(6-13)5-7-2-3-9(11)8(4-7)10(14)15/h4-13,17-18,26H,14-16H2,1-3H3,(H,34,39);3-9,11,16H,10,22H2,1-2H3,(H,23,24);2-4,6H,5,11H2,1H3,(H,14,15)/t26-;16-;/m00./s1. The van der Waals surface area contributed by atoms with Gasteiger partial charge in [0.15, 0.2) is 0 Å². The molecule has 83 heavy (non-hydrogen) atoms. The third-order valence-corrected chi connectivity index (χ3v) is 13.3. The maximum atomic E-state index is 13.4. The van der Waals surface area contributed by atoms with Crippen LogP contribution in [0.3, 0.4) is 0 Å². The molecule has 0 spiro atoms. The highest BCUT2D eigenvalue weighted by atomic mass is 35.5. The number of nitrogens with zero attached hydrogens (tertiary/aromatic N) is 3. The van der Waals surface area contributed by atoms with E-state index in [1.165, 1.54) is 34.1 Å². The van der Waals surface area contributed by atoms with Crippen molar-refractivity contribution >= 4 is 118 Å². The first-order valence-corrected chi connectivity index (χ1v) is 27.1. The Morgan fingerprint density at radius 1 is 0.614 bits per heavy atom. The molecule has 0 unspecified atom stereocenters. The van der Waals surface area contributed by atoms with Gasteiger partial charge in [-0.15, -0.1) is 0 Å².